The molecule has 3 nitrogen and oxygen atoms in total. The molecular weight excluding hydrogens is 338 g/mol. The maximum Gasteiger partial charge on any atom is 0.223 e. The van der Waals surface area contributed by atoms with Crippen LogP contribution in [0.5, 0.6) is 0 Å². The van der Waals surface area contributed by atoms with Gasteiger partial charge in [0.25, 0.3) is 0 Å². The van der Waals surface area contributed by atoms with Crippen molar-refractivity contribution < 1.29 is 9.90 Å². The average molecular weight is 358 g/mol. The molecule has 2 aliphatic rings. The van der Waals surface area contributed by atoms with Gasteiger partial charge in [-0.15, -0.1) is 11.3 Å². The molecule has 2 unspecified atom stereocenters. The fraction of sp³-hybridized carbons (Fsp3) is 0.667. The summed E-state index contributed by atoms with van der Waals surface area (Å²) in [6.45, 7) is 0. The third-order valence-electron chi connectivity index (χ3n) is 4.44. The molecule has 3 rings (SSSR count). The van der Waals surface area contributed by atoms with Crippen LogP contribution in [0.25, 0.3) is 0 Å². The number of hydrogen-bond acceptors (Lipinski definition) is 3. The first kappa shape index (κ1) is 14.5. The van der Waals surface area contributed by atoms with E-state index in [1.165, 1.54) is 4.88 Å². The summed E-state index contributed by atoms with van der Waals surface area (Å²) in [7, 11) is 0. The van der Waals surface area contributed by atoms with Crippen LogP contribution in [0.15, 0.2) is 15.9 Å². The van der Waals surface area contributed by atoms with Crippen LogP contribution in [0, 0.1) is 0 Å². The fourth-order valence-corrected chi connectivity index (χ4v) is 5.11. The lowest BCUT2D eigenvalue weighted by Crippen LogP contribution is -2.47. The lowest BCUT2D eigenvalue weighted by atomic mass is 9.99. The molecule has 3 heterocycles. The van der Waals surface area contributed by atoms with Crippen LogP contribution in [0.4, 0.5) is 0 Å². The van der Waals surface area contributed by atoms with Crippen molar-refractivity contribution in [1.82, 2.24) is 4.90 Å². The molecule has 2 atom stereocenters. The quantitative estimate of drug-likeness (QED) is 0.897. The van der Waals surface area contributed by atoms with Crippen molar-refractivity contribution in [2.24, 2.45) is 0 Å². The van der Waals surface area contributed by atoms with Crippen LogP contribution in [-0.2, 0) is 11.2 Å². The zero-order valence-corrected chi connectivity index (χ0v) is 13.8. The Morgan fingerprint density at radius 3 is 2.65 bits per heavy atom. The van der Waals surface area contributed by atoms with Gasteiger partial charge >= 0.3 is 0 Å². The van der Waals surface area contributed by atoms with E-state index in [-0.39, 0.29) is 6.10 Å². The van der Waals surface area contributed by atoms with E-state index in [4.69, 9.17) is 0 Å². The zero-order chi connectivity index (χ0) is 14.1. The van der Waals surface area contributed by atoms with Crippen LogP contribution >= 0.6 is 27.3 Å². The minimum Gasteiger partial charge on any atom is -0.393 e. The predicted octanol–water partition coefficient (Wildman–Crippen LogP) is 3.35. The smallest absolute Gasteiger partial charge is 0.223 e. The van der Waals surface area contributed by atoms with Gasteiger partial charge in [0.15, 0.2) is 0 Å². The fourth-order valence-electron chi connectivity index (χ4n) is 3.58. The molecule has 0 aromatic carbocycles. The second kappa shape index (κ2) is 6.16. The van der Waals surface area contributed by atoms with Gasteiger partial charge < -0.3 is 10.0 Å². The lowest BCUT2D eigenvalue weighted by Gasteiger charge is -2.37. The topological polar surface area (TPSA) is 40.5 Å². The SMILES string of the molecule is O=C(CCCc1ccc(Br)s1)N1C2CCC1CC(O)C2. The Morgan fingerprint density at radius 2 is 2.05 bits per heavy atom. The largest absolute Gasteiger partial charge is 0.393 e. The monoisotopic (exact) mass is 357 g/mol. The minimum absolute atomic E-state index is 0.194. The molecule has 2 saturated heterocycles. The number of amides is 1. The van der Waals surface area contributed by atoms with Gasteiger partial charge in [-0.1, -0.05) is 0 Å². The van der Waals surface area contributed by atoms with E-state index in [1.54, 1.807) is 11.3 Å². The van der Waals surface area contributed by atoms with Crippen LogP contribution in [0.3, 0.4) is 0 Å². The van der Waals surface area contributed by atoms with Crippen molar-refractivity contribution in [1.29, 1.82) is 0 Å². The number of aryl methyl sites for hydroxylation is 1. The molecule has 2 bridgehead atoms. The molecule has 1 aromatic rings. The molecule has 0 radical (unpaired) electrons. The summed E-state index contributed by atoms with van der Waals surface area (Å²) in [6.07, 6.45) is 6.05. The minimum atomic E-state index is -0.194. The number of carbonyl (C=O) groups excluding carboxylic acids is 1. The van der Waals surface area contributed by atoms with E-state index in [0.717, 1.165) is 42.3 Å². The van der Waals surface area contributed by atoms with Gasteiger partial charge in [0, 0.05) is 23.4 Å². The van der Waals surface area contributed by atoms with E-state index in [9.17, 15) is 9.90 Å². The van der Waals surface area contributed by atoms with Crippen molar-refractivity contribution in [2.75, 3.05) is 0 Å². The summed E-state index contributed by atoms with van der Waals surface area (Å²) < 4.78 is 1.15. The number of carbonyl (C=O) groups is 1. The molecule has 110 valence electrons. The number of rotatable bonds is 4. The predicted molar refractivity (Wildman–Crippen MR) is 83.9 cm³/mol. The summed E-state index contributed by atoms with van der Waals surface area (Å²) >= 11 is 5.21. The van der Waals surface area contributed by atoms with E-state index >= 15 is 0 Å². The first-order chi connectivity index (χ1) is 9.63. The summed E-state index contributed by atoms with van der Waals surface area (Å²) in [4.78, 5) is 15.8. The van der Waals surface area contributed by atoms with Crippen LogP contribution in [-0.4, -0.2) is 34.1 Å². The summed E-state index contributed by atoms with van der Waals surface area (Å²) in [5, 5.41) is 9.78. The van der Waals surface area contributed by atoms with Gasteiger partial charge in [-0.2, -0.15) is 0 Å². The van der Waals surface area contributed by atoms with E-state index < -0.39 is 0 Å². The second-order valence-electron chi connectivity index (χ2n) is 5.87. The molecule has 20 heavy (non-hydrogen) atoms. The number of hydrogen-bond donors (Lipinski definition) is 1. The van der Waals surface area contributed by atoms with E-state index in [2.05, 4.69) is 33.0 Å². The third-order valence-corrected chi connectivity index (χ3v) is 6.12. The van der Waals surface area contributed by atoms with Crippen LogP contribution in [0.1, 0.15) is 43.4 Å². The summed E-state index contributed by atoms with van der Waals surface area (Å²) in [5.74, 6) is 0.292. The molecule has 1 N–H and O–H groups in total. The highest BCUT2D eigenvalue weighted by Crippen LogP contribution is 2.36. The summed E-state index contributed by atoms with van der Waals surface area (Å²) in [6, 6.07) is 4.79. The molecule has 1 aromatic heterocycles. The first-order valence-corrected chi connectivity index (χ1v) is 8.98. The summed E-state index contributed by atoms with van der Waals surface area (Å²) in [5.41, 5.74) is 0. The Bertz CT molecular complexity index is 476. The molecule has 2 aliphatic heterocycles. The van der Waals surface area contributed by atoms with Crippen LogP contribution < -0.4 is 0 Å². The number of piperidine rings is 1. The molecule has 0 aliphatic carbocycles. The number of nitrogens with zero attached hydrogens (tertiary/aromatic N) is 1. The van der Waals surface area contributed by atoms with Gasteiger partial charge in [0.05, 0.1) is 9.89 Å². The number of aliphatic hydroxyl groups excluding tert-OH is 1. The third kappa shape index (κ3) is 3.10. The standard InChI is InChI=1S/C15H20BrNO2S/c16-14-7-6-13(20-14)2-1-3-15(19)17-10-4-5-11(17)9-12(18)8-10/h6-7,10-12,18H,1-5,8-9H2. The number of halogens is 1. The van der Waals surface area contributed by atoms with Gasteiger partial charge in [0.2, 0.25) is 5.91 Å². The molecule has 2 fully saturated rings. The van der Waals surface area contributed by atoms with Gasteiger partial charge in [-0.25, -0.2) is 0 Å². The Balaban J connectivity index is 1.50. The normalized spacial score (nSPS) is 28.9. The zero-order valence-electron chi connectivity index (χ0n) is 11.4. The Labute approximate surface area is 132 Å². The lowest BCUT2D eigenvalue weighted by molar-refractivity contribution is -0.137. The molecule has 1 amide bonds. The number of aliphatic hydroxyl groups is 1. The van der Waals surface area contributed by atoms with Gasteiger partial charge in [0.1, 0.15) is 0 Å². The van der Waals surface area contributed by atoms with E-state index in [0.29, 0.717) is 24.4 Å². The Hall–Kier alpha value is -0.390. The van der Waals surface area contributed by atoms with E-state index in [1.807, 2.05) is 0 Å². The molecule has 0 saturated carbocycles. The first-order valence-electron chi connectivity index (χ1n) is 7.37. The van der Waals surface area contributed by atoms with Crippen LogP contribution in [0.2, 0.25) is 0 Å². The van der Waals surface area contributed by atoms with Crippen molar-refractivity contribution in [2.45, 2.75) is 63.1 Å². The number of thiophene rings is 1. The van der Waals surface area contributed by atoms with Crippen molar-refractivity contribution >= 4 is 33.2 Å². The van der Waals surface area contributed by atoms with Gasteiger partial charge in [-0.3, -0.25) is 4.79 Å². The molecule has 0 spiro atoms. The molecule has 5 heteroatoms. The highest BCUT2D eigenvalue weighted by molar-refractivity contribution is 9.11. The van der Waals surface area contributed by atoms with Crippen molar-refractivity contribution in [3.8, 4) is 0 Å². The van der Waals surface area contributed by atoms with Gasteiger partial charge in [-0.05, 0) is 66.6 Å². The highest BCUT2D eigenvalue weighted by Gasteiger charge is 2.42. The van der Waals surface area contributed by atoms with Crippen molar-refractivity contribution in [3.05, 3.63) is 20.8 Å². The second-order valence-corrected chi connectivity index (χ2v) is 8.42. The maximum absolute atomic E-state index is 12.4. The Morgan fingerprint density at radius 1 is 1.35 bits per heavy atom. The Kier molecular flexibility index (Phi) is 4.48. The highest BCUT2D eigenvalue weighted by atomic mass is 79.9. The number of fused-ring (bicyclic) bond motifs is 2. The average Bonchev–Trinajstić information content (AvgIpc) is 2.92. The van der Waals surface area contributed by atoms with Crippen molar-refractivity contribution in [3.63, 3.8) is 0 Å². The maximum atomic E-state index is 12.4. The molecular formula is C15H20BrNO2S.